The summed E-state index contributed by atoms with van der Waals surface area (Å²) in [4.78, 5) is 11.6. The molecule has 2 aromatic rings. The molecule has 0 atom stereocenters. The first-order chi connectivity index (χ1) is 9.31. The van der Waals surface area contributed by atoms with Crippen LogP contribution < -0.4 is 5.32 Å². The van der Waals surface area contributed by atoms with Crippen LogP contribution in [0.25, 0.3) is 16.8 Å². The molecule has 2 aromatic carbocycles. The Morgan fingerprint density at radius 2 is 2.00 bits per heavy atom. The molecule has 0 saturated heterocycles. The molecule has 2 rings (SSSR count). The number of ether oxygens (including phenoxy) is 1. The van der Waals surface area contributed by atoms with Gasteiger partial charge in [-0.1, -0.05) is 42.5 Å². The molecule has 98 valence electrons. The highest BCUT2D eigenvalue weighted by Crippen LogP contribution is 2.19. The fraction of sp³-hybridized carbons (Fsp3) is 0.188. The van der Waals surface area contributed by atoms with Gasteiger partial charge in [-0.3, -0.25) is 4.79 Å². The van der Waals surface area contributed by atoms with Gasteiger partial charge in [0.05, 0.1) is 6.61 Å². The first kappa shape index (κ1) is 13.3. The predicted octanol–water partition coefficient (Wildman–Crippen LogP) is 2.62. The minimum Gasteiger partial charge on any atom is -0.383 e. The molecule has 0 aliphatic carbocycles. The second-order valence-electron chi connectivity index (χ2n) is 4.19. The number of carbonyl (C=O) groups excluding carboxylic acids is 1. The van der Waals surface area contributed by atoms with Crippen LogP contribution in [0, 0.1) is 0 Å². The topological polar surface area (TPSA) is 38.3 Å². The van der Waals surface area contributed by atoms with Crippen molar-refractivity contribution < 1.29 is 9.53 Å². The van der Waals surface area contributed by atoms with Gasteiger partial charge in [0, 0.05) is 19.7 Å². The van der Waals surface area contributed by atoms with Gasteiger partial charge in [0.15, 0.2) is 0 Å². The Kier molecular flexibility index (Phi) is 4.70. The highest BCUT2D eigenvalue weighted by molar-refractivity contribution is 5.96. The van der Waals surface area contributed by atoms with Crippen molar-refractivity contribution in [3.05, 3.63) is 54.1 Å². The lowest BCUT2D eigenvalue weighted by Crippen LogP contribution is -2.24. The van der Waals surface area contributed by atoms with E-state index in [1.807, 2.05) is 30.3 Å². The summed E-state index contributed by atoms with van der Waals surface area (Å²) in [7, 11) is 1.61. The van der Waals surface area contributed by atoms with Gasteiger partial charge in [0.2, 0.25) is 5.91 Å². The highest BCUT2D eigenvalue weighted by Gasteiger charge is 1.98. The lowest BCUT2D eigenvalue weighted by atomic mass is 10.0. The average molecular weight is 255 g/mol. The first-order valence-corrected chi connectivity index (χ1v) is 6.24. The molecule has 3 nitrogen and oxygen atoms in total. The smallest absolute Gasteiger partial charge is 0.244 e. The lowest BCUT2D eigenvalue weighted by Gasteiger charge is -2.02. The van der Waals surface area contributed by atoms with Crippen LogP contribution in [-0.4, -0.2) is 26.2 Å². The second-order valence-corrected chi connectivity index (χ2v) is 4.19. The molecule has 0 unspecified atom stereocenters. The highest BCUT2D eigenvalue weighted by atomic mass is 16.5. The Hall–Kier alpha value is -2.13. The van der Waals surface area contributed by atoms with Crippen molar-refractivity contribution in [1.29, 1.82) is 0 Å². The number of benzene rings is 2. The van der Waals surface area contributed by atoms with E-state index in [1.165, 1.54) is 5.39 Å². The van der Waals surface area contributed by atoms with Gasteiger partial charge in [-0.15, -0.1) is 0 Å². The number of nitrogens with one attached hydrogen (secondary N) is 1. The van der Waals surface area contributed by atoms with Crippen molar-refractivity contribution in [2.24, 2.45) is 0 Å². The molecule has 1 N–H and O–H groups in total. The molecule has 0 aromatic heterocycles. The maximum absolute atomic E-state index is 11.6. The van der Waals surface area contributed by atoms with E-state index in [-0.39, 0.29) is 5.91 Å². The SMILES string of the molecule is COCCNC(=O)/C=C/c1cccc2ccccc12. The minimum absolute atomic E-state index is 0.106. The van der Waals surface area contributed by atoms with Crippen LogP contribution in [0.5, 0.6) is 0 Å². The molecule has 19 heavy (non-hydrogen) atoms. The van der Waals surface area contributed by atoms with Crippen LogP contribution in [0.15, 0.2) is 48.5 Å². The Morgan fingerprint density at radius 3 is 2.84 bits per heavy atom. The fourth-order valence-electron chi connectivity index (χ4n) is 1.90. The average Bonchev–Trinajstić information content (AvgIpc) is 2.45. The molecule has 0 saturated carbocycles. The zero-order valence-electron chi connectivity index (χ0n) is 10.9. The third-order valence-electron chi connectivity index (χ3n) is 2.84. The molecular weight excluding hydrogens is 238 g/mol. The summed E-state index contributed by atoms with van der Waals surface area (Å²) in [6, 6.07) is 14.2. The molecule has 0 bridgehead atoms. The zero-order chi connectivity index (χ0) is 13.5. The van der Waals surface area contributed by atoms with Crippen molar-refractivity contribution in [2.45, 2.75) is 0 Å². The predicted molar refractivity (Wildman–Crippen MR) is 77.9 cm³/mol. The molecule has 0 heterocycles. The Labute approximate surface area is 112 Å². The van der Waals surface area contributed by atoms with E-state index in [0.717, 1.165) is 10.9 Å². The van der Waals surface area contributed by atoms with E-state index in [4.69, 9.17) is 4.74 Å². The standard InChI is InChI=1S/C16H17NO2/c1-19-12-11-17-16(18)10-9-14-7-4-6-13-5-2-3-8-15(13)14/h2-10H,11-12H2,1H3,(H,17,18)/b10-9+. The van der Waals surface area contributed by atoms with Crippen molar-refractivity contribution >= 4 is 22.8 Å². The summed E-state index contributed by atoms with van der Waals surface area (Å²) < 4.78 is 4.87. The Morgan fingerprint density at radius 1 is 1.21 bits per heavy atom. The zero-order valence-corrected chi connectivity index (χ0v) is 10.9. The third kappa shape index (κ3) is 3.66. The van der Waals surface area contributed by atoms with Crippen molar-refractivity contribution in [3.8, 4) is 0 Å². The van der Waals surface area contributed by atoms with E-state index in [0.29, 0.717) is 13.2 Å². The monoisotopic (exact) mass is 255 g/mol. The number of methoxy groups -OCH3 is 1. The molecule has 1 amide bonds. The maximum Gasteiger partial charge on any atom is 0.244 e. The molecule has 0 aliphatic heterocycles. The molecule has 0 fully saturated rings. The molecule has 0 aliphatic rings. The van der Waals surface area contributed by atoms with Gasteiger partial charge >= 0.3 is 0 Å². The Balaban J connectivity index is 2.10. The van der Waals surface area contributed by atoms with E-state index < -0.39 is 0 Å². The number of carbonyl (C=O) groups is 1. The van der Waals surface area contributed by atoms with E-state index in [2.05, 4.69) is 23.5 Å². The van der Waals surface area contributed by atoms with Gasteiger partial charge in [0.25, 0.3) is 0 Å². The van der Waals surface area contributed by atoms with Crippen molar-refractivity contribution in [2.75, 3.05) is 20.3 Å². The summed E-state index contributed by atoms with van der Waals surface area (Å²) in [5, 5.41) is 5.07. The van der Waals surface area contributed by atoms with Crippen LogP contribution in [0.3, 0.4) is 0 Å². The summed E-state index contributed by atoms with van der Waals surface area (Å²) in [5.41, 5.74) is 1.04. The lowest BCUT2D eigenvalue weighted by molar-refractivity contribution is -0.116. The van der Waals surface area contributed by atoms with Gasteiger partial charge in [-0.05, 0) is 22.4 Å². The van der Waals surface area contributed by atoms with Crippen LogP contribution in [-0.2, 0) is 9.53 Å². The molecule has 0 radical (unpaired) electrons. The van der Waals surface area contributed by atoms with E-state index in [9.17, 15) is 4.79 Å². The summed E-state index contributed by atoms with van der Waals surface area (Å²) in [6.45, 7) is 1.04. The quantitative estimate of drug-likeness (QED) is 0.659. The third-order valence-corrected chi connectivity index (χ3v) is 2.84. The molecular formula is C16H17NO2. The number of hydrogen-bond donors (Lipinski definition) is 1. The van der Waals surface area contributed by atoms with E-state index in [1.54, 1.807) is 13.2 Å². The van der Waals surface area contributed by atoms with Crippen LogP contribution in [0.4, 0.5) is 0 Å². The Bertz CT molecular complexity index is 585. The van der Waals surface area contributed by atoms with Gasteiger partial charge in [0.1, 0.15) is 0 Å². The number of fused-ring (bicyclic) bond motifs is 1. The van der Waals surface area contributed by atoms with Crippen molar-refractivity contribution in [3.63, 3.8) is 0 Å². The summed E-state index contributed by atoms with van der Waals surface area (Å²) in [5.74, 6) is -0.106. The maximum atomic E-state index is 11.6. The van der Waals surface area contributed by atoms with Gasteiger partial charge in [-0.2, -0.15) is 0 Å². The fourth-order valence-corrected chi connectivity index (χ4v) is 1.90. The van der Waals surface area contributed by atoms with Crippen LogP contribution in [0.2, 0.25) is 0 Å². The molecule has 3 heteroatoms. The number of amides is 1. The van der Waals surface area contributed by atoms with E-state index >= 15 is 0 Å². The summed E-state index contributed by atoms with van der Waals surface area (Å²) in [6.07, 6.45) is 3.39. The second kappa shape index (κ2) is 6.71. The molecule has 0 spiro atoms. The largest absolute Gasteiger partial charge is 0.383 e. The summed E-state index contributed by atoms with van der Waals surface area (Å²) >= 11 is 0. The van der Waals surface area contributed by atoms with Gasteiger partial charge in [-0.25, -0.2) is 0 Å². The van der Waals surface area contributed by atoms with Crippen molar-refractivity contribution in [1.82, 2.24) is 5.32 Å². The minimum atomic E-state index is -0.106. The van der Waals surface area contributed by atoms with Crippen LogP contribution >= 0.6 is 0 Å². The normalized spacial score (nSPS) is 11.0. The first-order valence-electron chi connectivity index (χ1n) is 6.24. The van der Waals surface area contributed by atoms with Gasteiger partial charge < -0.3 is 10.1 Å². The number of hydrogen-bond acceptors (Lipinski definition) is 2. The number of rotatable bonds is 5. The van der Waals surface area contributed by atoms with Crippen LogP contribution in [0.1, 0.15) is 5.56 Å².